The van der Waals surface area contributed by atoms with Crippen molar-refractivity contribution < 1.29 is 0 Å². The molecule has 0 N–H and O–H groups in total. The number of rotatable bonds is 3. The summed E-state index contributed by atoms with van der Waals surface area (Å²) in [5.74, 6) is 0. The molecule has 0 bridgehead atoms. The second-order valence-electron chi connectivity index (χ2n) is 2.97. The molecule has 0 nitrogen and oxygen atoms in total. The van der Waals surface area contributed by atoms with E-state index in [1.54, 1.807) is 0 Å². The van der Waals surface area contributed by atoms with Crippen LogP contribution in [-0.2, 0) is 0 Å². The lowest BCUT2D eigenvalue weighted by Gasteiger charge is -2.09. The summed E-state index contributed by atoms with van der Waals surface area (Å²) in [6, 6.07) is 0. The molecule has 62 valence electrons. The maximum absolute atomic E-state index is 6.05. The van der Waals surface area contributed by atoms with Gasteiger partial charge >= 0.3 is 0 Å². The first-order chi connectivity index (χ1) is 5.34. The zero-order valence-corrected chi connectivity index (χ0v) is 7.82. The Balaban J connectivity index is 2.47. The van der Waals surface area contributed by atoms with E-state index in [0.717, 1.165) is 24.3 Å². The Labute approximate surface area is 73.9 Å². The SMILES string of the molecule is CCCCC1=C(Cl)CCC=C1. The van der Waals surface area contributed by atoms with E-state index in [0.29, 0.717) is 0 Å². The van der Waals surface area contributed by atoms with Gasteiger partial charge in [-0.15, -0.1) is 0 Å². The fourth-order valence-electron chi connectivity index (χ4n) is 1.27. The van der Waals surface area contributed by atoms with Crippen molar-refractivity contribution in [1.82, 2.24) is 0 Å². The fraction of sp³-hybridized carbons (Fsp3) is 0.600. The Morgan fingerprint density at radius 1 is 1.55 bits per heavy atom. The molecule has 0 fully saturated rings. The quantitative estimate of drug-likeness (QED) is 0.600. The van der Waals surface area contributed by atoms with Crippen LogP contribution in [0.3, 0.4) is 0 Å². The number of hydrogen-bond donors (Lipinski definition) is 0. The average Bonchev–Trinajstić information content (AvgIpc) is 2.03. The smallest absolute Gasteiger partial charge is 0.0215 e. The normalized spacial score (nSPS) is 17.6. The lowest BCUT2D eigenvalue weighted by molar-refractivity contribution is 0.786. The molecule has 0 spiro atoms. The van der Waals surface area contributed by atoms with Crippen LogP contribution in [0.4, 0.5) is 0 Å². The Bertz CT molecular complexity index is 177. The number of halogens is 1. The van der Waals surface area contributed by atoms with Gasteiger partial charge in [0.1, 0.15) is 0 Å². The molecule has 0 amide bonds. The van der Waals surface area contributed by atoms with Crippen molar-refractivity contribution in [2.24, 2.45) is 0 Å². The molecule has 1 heteroatoms. The van der Waals surface area contributed by atoms with Crippen LogP contribution in [0.15, 0.2) is 22.8 Å². The Morgan fingerprint density at radius 2 is 2.36 bits per heavy atom. The summed E-state index contributed by atoms with van der Waals surface area (Å²) in [4.78, 5) is 0. The van der Waals surface area contributed by atoms with Crippen molar-refractivity contribution in [3.05, 3.63) is 22.8 Å². The van der Waals surface area contributed by atoms with Gasteiger partial charge in [-0.25, -0.2) is 0 Å². The standard InChI is InChI=1S/C10H15Cl/c1-2-3-6-9-7-4-5-8-10(9)11/h4,7H,2-3,5-6,8H2,1H3. The van der Waals surface area contributed by atoms with E-state index in [1.807, 2.05) is 0 Å². The number of allylic oxidation sites excluding steroid dienone is 4. The van der Waals surface area contributed by atoms with Crippen LogP contribution in [0.2, 0.25) is 0 Å². The lowest BCUT2D eigenvalue weighted by atomic mass is 10.0. The van der Waals surface area contributed by atoms with Crippen LogP contribution in [0.5, 0.6) is 0 Å². The van der Waals surface area contributed by atoms with Crippen LogP contribution < -0.4 is 0 Å². The zero-order valence-electron chi connectivity index (χ0n) is 7.07. The summed E-state index contributed by atoms with van der Waals surface area (Å²) in [5, 5.41) is 1.08. The molecule has 0 saturated carbocycles. The molecular weight excluding hydrogens is 156 g/mol. The summed E-state index contributed by atoms with van der Waals surface area (Å²) in [6.07, 6.45) is 10.2. The van der Waals surface area contributed by atoms with Crippen molar-refractivity contribution in [1.29, 1.82) is 0 Å². The molecule has 1 aliphatic carbocycles. The van der Waals surface area contributed by atoms with Gasteiger partial charge in [0.25, 0.3) is 0 Å². The van der Waals surface area contributed by atoms with Crippen molar-refractivity contribution in [2.75, 3.05) is 0 Å². The highest BCUT2D eigenvalue weighted by molar-refractivity contribution is 6.30. The van der Waals surface area contributed by atoms with E-state index in [1.165, 1.54) is 18.4 Å². The van der Waals surface area contributed by atoms with E-state index >= 15 is 0 Å². The molecule has 1 rings (SSSR count). The summed E-state index contributed by atoms with van der Waals surface area (Å²) in [6.45, 7) is 2.21. The van der Waals surface area contributed by atoms with Crippen LogP contribution in [-0.4, -0.2) is 0 Å². The Morgan fingerprint density at radius 3 is 3.00 bits per heavy atom. The minimum absolute atomic E-state index is 1.05. The molecule has 0 aromatic carbocycles. The molecule has 11 heavy (non-hydrogen) atoms. The van der Waals surface area contributed by atoms with Gasteiger partial charge in [-0.3, -0.25) is 0 Å². The monoisotopic (exact) mass is 170 g/mol. The van der Waals surface area contributed by atoms with Crippen molar-refractivity contribution in [3.8, 4) is 0 Å². The second-order valence-corrected chi connectivity index (χ2v) is 3.43. The van der Waals surface area contributed by atoms with E-state index in [2.05, 4.69) is 19.1 Å². The Hall–Kier alpha value is -0.230. The predicted molar refractivity (Wildman–Crippen MR) is 50.8 cm³/mol. The minimum atomic E-state index is 1.05. The van der Waals surface area contributed by atoms with E-state index in [4.69, 9.17) is 11.6 Å². The van der Waals surface area contributed by atoms with E-state index in [-0.39, 0.29) is 0 Å². The minimum Gasteiger partial charge on any atom is -0.0888 e. The average molecular weight is 171 g/mol. The molecule has 0 unspecified atom stereocenters. The second kappa shape index (κ2) is 4.61. The molecule has 0 heterocycles. The van der Waals surface area contributed by atoms with Gasteiger partial charge in [-0.1, -0.05) is 37.1 Å². The third-order valence-corrected chi connectivity index (χ3v) is 2.43. The largest absolute Gasteiger partial charge is 0.0888 e. The van der Waals surface area contributed by atoms with Gasteiger partial charge in [-0.2, -0.15) is 0 Å². The predicted octanol–water partition coefficient (Wildman–Crippen LogP) is 4.02. The molecule has 1 aliphatic rings. The molecule has 0 aliphatic heterocycles. The summed E-state index contributed by atoms with van der Waals surface area (Å²) < 4.78 is 0. The first kappa shape index (κ1) is 8.86. The summed E-state index contributed by atoms with van der Waals surface area (Å²) >= 11 is 6.05. The van der Waals surface area contributed by atoms with Crippen LogP contribution in [0, 0.1) is 0 Å². The van der Waals surface area contributed by atoms with Crippen LogP contribution in [0.1, 0.15) is 39.0 Å². The van der Waals surface area contributed by atoms with Gasteiger partial charge < -0.3 is 0 Å². The third-order valence-electron chi connectivity index (χ3n) is 2.00. The number of hydrogen-bond acceptors (Lipinski definition) is 0. The highest BCUT2D eigenvalue weighted by Gasteiger charge is 2.04. The maximum atomic E-state index is 6.05. The molecule has 0 radical (unpaired) electrons. The van der Waals surface area contributed by atoms with Gasteiger partial charge in [0.05, 0.1) is 0 Å². The lowest BCUT2D eigenvalue weighted by Crippen LogP contribution is -1.89. The van der Waals surface area contributed by atoms with Crippen molar-refractivity contribution in [2.45, 2.75) is 39.0 Å². The van der Waals surface area contributed by atoms with Crippen molar-refractivity contribution >= 4 is 11.6 Å². The topological polar surface area (TPSA) is 0 Å². The van der Waals surface area contributed by atoms with Gasteiger partial charge in [-0.05, 0) is 31.3 Å². The molecule has 0 atom stereocenters. The van der Waals surface area contributed by atoms with Gasteiger partial charge in [0.15, 0.2) is 0 Å². The van der Waals surface area contributed by atoms with Crippen LogP contribution in [0.25, 0.3) is 0 Å². The molecule has 0 aromatic heterocycles. The molecule has 0 saturated heterocycles. The zero-order chi connectivity index (χ0) is 8.10. The molecular formula is C10H15Cl. The first-order valence-corrected chi connectivity index (χ1v) is 4.76. The highest BCUT2D eigenvalue weighted by Crippen LogP contribution is 2.25. The summed E-state index contributed by atoms with van der Waals surface area (Å²) in [7, 11) is 0. The van der Waals surface area contributed by atoms with E-state index < -0.39 is 0 Å². The summed E-state index contributed by atoms with van der Waals surface area (Å²) in [5.41, 5.74) is 1.36. The van der Waals surface area contributed by atoms with Gasteiger partial charge in [0.2, 0.25) is 0 Å². The Kier molecular flexibility index (Phi) is 3.71. The fourth-order valence-corrected chi connectivity index (χ4v) is 1.54. The highest BCUT2D eigenvalue weighted by atomic mass is 35.5. The van der Waals surface area contributed by atoms with Crippen molar-refractivity contribution in [3.63, 3.8) is 0 Å². The van der Waals surface area contributed by atoms with Crippen LogP contribution >= 0.6 is 11.6 Å². The first-order valence-electron chi connectivity index (χ1n) is 4.38. The maximum Gasteiger partial charge on any atom is 0.0215 e. The number of unbranched alkanes of at least 4 members (excludes halogenated alkanes) is 1. The molecule has 0 aromatic rings. The third kappa shape index (κ3) is 2.70. The van der Waals surface area contributed by atoms with Gasteiger partial charge in [0, 0.05) is 5.03 Å². The van der Waals surface area contributed by atoms with E-state index in [9.17, 15) is 0 Å².